The van der Waals surface area contributed by atoms with Crippen LogP contribution in [0.4, 0.5) is 0 Å². The minimum Gasteiger partial charge on any atom is -0.393 e. The summed E-state index contributed by atoms with van der Waals surface area (Å²) in [6.07, 6.45) is 3.43. The third-order valence-electron chi connectivity index (χ3n) is 2.39. The van der Waals surface area contributed by atoms with Crippen molar-refractivity contribution in [3.8, 4) is 0 Å². The number of sulfone groups is 1. The van der Waals surface area contributed by atoms with Crippen LogP contribution < -0.4 is 5.73 Å². The summed E-state index contributed by atoms with van der Waals surface area (Å²) >= 11 is 4.81. The van der Waals surface area contributed by atoms with Crippen LogP contribution in [0.1, 0.15) is 19.3 Å². The normalized spacial score (nSPS) is 30.4. The summed E-state index contributed by atoms with van der Waals surface area (Å²) in [5, 5.41) is -0.219. The highest BCUT2D eigenvalue weighted by Gasteiger charge is 2.32. The van der Waals surface area contributed by atoms with Gasteiger partial charge in [0.15, 0.2) is 0 Å². The maximum atomic E-state index is 11.1. The molecule has 0 unspecified atom stereocenters. The van der Waals surface area contributed by atoms with Gasteiger partial charge in [-0.15, -0.1) is 0 Å². The van der Waals surface area contributed by atoms with E-state index in [4.69, 9.17) is 18.0 Å². The van der Waals surface area contributed by atoms with E-state index in [-0.39, 0.29) is 11.2 Å². The molecule has 12 heavy (non-hydrogen) atoms. The van der Waals surface area contributed by atoms with Gasteiger partial charge in [-0.25, -0.2) is 8.42 Å². The zero-order valence-corrected chi connectivity index (χ0v) is 8.62. The van der Waals surface area contributed by atoms with E-state index < -0.39 is 9.84 Å². The minimum absolute atomic E-state index is 0.139. The molecule has 1 fully saturated rings. The Balaban J connectivity index is 2.64. The van der Waals surface area contributed by atoms with Crippen molar-refractivity contribution in [1.29, 1.82) is 0 Å². The van der Waals surface area contributed by atoms with E-state index in [0.717, 1.165) is 6.42 Å². The maximum Gasteiger partial charge on any atom is 0.150 e. The molecule has 0 aromatic carbocycles. The van der Waals surface area contributed by atoms with Crippen LogP contribution in [0.2, 0.25) is 0 Å². The van der Waals surface area contributed by atoms with Gasteiger partial charge in [-0.1, -0.05) is 12.2 Å². The quantitative estimate of drug-likeness (QED) is 0.669. The SMILES string of the molecule is CS(=O)(=O)[C@@H]1CC[C@H](C(N)=S)C1. The highest BCUT2D eigenvalue weighted by Crippen LogP contribution is 2.30. The van der Waals surface area contributed by atoms with E-state index >= 15 is 0 Å². The molecule has 0 aromatic rings. The van der Waals surface area contributed by atoms with Crippen molar-refractivity contribution in [2.24, 2.45) is 11.7 Å². The molecule has 0 aromatic heterocycles. The van der Waals surface area contributed by atoms with Crippen LogP contribution in [0.15, 0.2) is 0 Å². The standard InChI is InChI=1S/C7H13NO2S2/c1-12(9,10)6-3-2-5(4-6)7(8)11/h5-6H,2-4H2,1H3,(H2,8,11)/t5-,6+/m0/s1. The number of hydrogen-bond donors (Lipinski definition) is 1. The average Bonchev–Trinajstić information content (AvgIpc) is 2.30. The fraction of sp³-hybridized carbons (Fsp3) is 0.857. The fourth-order valence-electron chi connectivity index (χ4n) is 1.59. The molecule has 2 atom stereocenters. The topological polar surface area (TPSA) is 60.2 Å². The first-order valence-electron chi connectivity index (χ1n) is 3.89. The Morgan fingerprint density at radius 3 is 2.33 bits per heavy atom. The molecule has 0 bridgehead atoms. The van der Waals surface area contributed by atoms with Crippen LogP contribution in [0.3, 0.4) is 0 Å². The summed E-state index contributed by atoms with van der Waals surface area (Å²) in [7, 11) is -2.88. The van der Waals surface area contributed by atoms with Gasteiger partial charge in [-0.05, 0) is 19.3 Å². The third kappa shape index (κ3) is 2.17. The molecule has 5 heteroatoms. The lowest BCUT2D eigenvalue weighted by Crippen LogP contribution is -2.21. The van der Waals surface area contributed by atoms with Crippen molar-refractivity contribution in [2.75, 3.05) is 6.26 Å². The van der Waals surface area contributed by atoms with Gasteiger partial charge in [0.05, 0.1) is 10.2 Å². The Morgan fingerprint density at radius 2 is 2.08 bits per heavy atom. The second-order valence-corrected chi connectivity index (χ2v) is 6.16. The fourth-order valence-corrected chi connectivity index (χ4v) is 2.95. The second kappa shape index (κ2) is 3.30. The van der Waals surface area contributed by atoms with Crippen LogP contribution in [0, 0.1) is 5.92 Å². The molecule has 0 aliphatic heterocycles. The van der Waals surface area contributed by atoms with Crippen molar-refractivity contribution < 1.29 is 8.42 Å². The molecular weight excluding hydrogens is 194 g/mol. The second-order valence-electron chi connectivity index (χ2n) is 3.36. The van der Waals surface area contributed by atoms with Gasteiger partial charge in [-0.2, -0.15) is 0 Å². The van der Waals surface area contributed by atoms with E-state index in [2.05, 4.69) is 0 Å². The Kier molecular flexibility index (Phi) is 2.73. The molecule has 1 aliphatic rings. The molecule has 3 nitrogen and oxygen atoms in total. The van der Waals surface area contributed by atoms with Crippen LogP contribution in [0.25, 0.3) is 0 Å². The predicted molar refractivity (Wildman–Crippen MR) is 52.8 cm³/mol. The number of thiocarbonyl (C=S) groups is 1. The monoisotopic (exact) mass is 207 g/mol. The zero-order chi connectivity index (χ0) is 9.35. The lowest BCUT2D eigenvalue weighted by Gasteiger charge is -2.07. The molecule has 1 rings (SSSR count). The van der Waals surface area contributed by atoms with E-state index in [1.807, 2.05) is 0 Å². The summed E-state index contributed by atoms with van der Waals surface area (Å²) in [6.45, 7) is 0. The molecule has 0 amide bonds. The summed E-state index contributed by atoms with van der Waals surface area (Å²) in [4.78, 5) is 0.459. The molecule has 2 N–H and O–H groups in total. The van der Waals surface area contributed by atoms with Crippen LogP contribution in [-0.4, -0.2) is 24.9 Å². The molecular formula is C7H13NO2S2. The van der Waals surface area contributed by atoms with E-state index in [1.165, 1.54) is 6.26 Å². The molecule has 70 valence electrons. The van der Waals surface area contributed by atoms with Crippen molar-refractivity contribution in [1.82, 2.24) is 0 Å². The highest BCUT2D eigenvalue weighted by atomic mass is 32.2. The molecule has 0 radical (unpaired) electrons. The molecule has 1 saturated carbocycles. The molecule has 0 spiro atoms. The Hall–Kier alpha value is -0.160. The highest BCUT2D eigenvalue weighted by molar-refractivity contribution is 7.91. The zero-order valence-electron chi connectivity index (χ0n) is 6.99. The Labute approximate surface area is 78.2 Å². The first-order chi connectivity index (χ1) is 5.41. The van der Waals surface area contributed by atoms with Crippen molar-refractivity contribution in [3.63, 3.8) is 0 Å². The van der Waals surface area contributed by atoms with E-state index in [9.17, 15) is 8.42 Å². The number of hydrogen-bond acceptors (Lipinski definition) is 3. The third-order valence-corrected chi connectivity index (χ3v) is 4.36. The molecule has 0 heterocycles. The maximum absolute atomic E-state index is 11.1. The van der Waals surface area contributed by atoms with Gasteiger partial charge in [0.1, 0.15) is 9.84 Å². The van der Waals surface area contributed by atoms with Crippen molar-refractivity contribution in [3.05, 3.63) is 0 Å². The van der Waals surface area contributed by atoms with Crippen molar-refractivity contribution >= 4 is 27.0 Å². The summed E-state index contributed by atoms with van der Waals surface area (Å²) in [5.74, 6) is 0.139. The average molecular weight is 207 g/mol. The molecule has 1 aliphatic carbocycles. The van der Waals surface area contributed by atoms with Gasteiger partial charge in [0, 0.05) is 12.2 Å². The van der Waals surface area contributed by atoms with Gasteiger partial charge in [0.25, 0.3) is 0 Å². The van der Waals surface area contributed by atoms with Gasteiger partial charge >= 0.3 is 0 Å². The van der Waals surface area contributed by atoms with Crippen LogP contribution in [-0.2, 0) is 9.84 Å². The lowest BCUT2D eigenvalue weighted by atomic mass is 10.1. The van der Waals surface area contributed by atoms with E-state index in [1.54, 1.807) is 0 Å². The van der Waals surface area contributed by atoms with Gasteiger partial charge in [-0.3, -0.25) is 0 Å². The lowest BCUT2D eigenvalue weighted by molar-refractivity contribution is 0.584. The van der Waals surface area contributed by atoms with Crippen LogP contribution >= 0.6 is 12.2 Å². The Bertz CT molecular complexity index is 284. The minimum atomic E-state index is -2.88. The Morgan fingerprint density at radius 1 is 1.50 bits per heavy atom. The summed E-state index contributed by atoms with van der Waals surface area (Å²) in [6, 6.07) is 0. The van der Waals surface area contributed by atoms with Crippen LogP contribution in [0.5, 0.6) is 0 Å². The number of nitrogens with two attached hydrogens (primary N) is 1. The largest absolute Gasteiger partial charge is 0.393 e. The van der Waals surface area contributed by atoms with Gasteiger partial charge < -0.3 is 5.73 Å². The first-order valence-corrected chi connectivity index (χ1v) is 6.25. The van der Waals surface area contributed by atoms with Gasteiger partial charge in [0.2, 0.25) is 0 Å². The van der Waals surface area contributed by atoms with E-state index in [0.29, 0.717) is 17.8 Å². The molecule has 0 saturated heterocycles. The van der Waals surface area contributed by atoms with Crippen molar-refractivity contribution in [2.45, 2.75) is 24.5 Å². The summed E-state index contributed by atoms with van der Waals surface area (Å²) < 4.78 is 22.2. The number of rotatable bonds is 2. The predicted octanol–water partition coefficient (Wildman–Crippen LogP) is 0.486. The smallest absolute Gasteiger partial charge is 0.150 e. The summed E-state index contributed by atoms with van der Waals surface area (Å²) in [5.41, 5.74) is 5.44. The first kappa shape index (κ1) is 9.92.